The Morgan fingerprint density at radius 3 is 2.89 bits per heavy atom. The van der Waals surface area contributed by atoms with Crippen LogP contribution in [-0.2, 0) is 5.41 Å². The zero-order valence-electron chi connectivity index (χ0n) is 11.9. The summed E-state index contributed by atoms with van der Waals surface area (Å²) >= 11 is 0. The molecule has 1 aliphatic rings. The summed E-state index contributed by atoms with van der Waals surface area (Å²) in [6.07, 6.45) is 2.64. The van der Waals surface area contributed by atoms with Crippen molar-refractivity contribution in [1.82, 2.24) is 10.6 Å². The van der Waals surface area contributed by atoms with E-state index in [1.165, 1.54) is 30.5 Å². The van der Waals surface area contributed by atoms with E-state index in [1.807, 2.05) is 0 Å². The first kappa shape index (κ1) is 13.6. The fraction of sp³-hybridized carbons (Fsp3) is 0.625. The average Bonchev–Trinajstić information content (AvgIpc) is 2.82. The van der Waals surface area contributed by atoms with Crippen molar-refractivity contribution in [1.29, 1.82) is 0 Å². The van der Waals surface area contributed by atoms with Crippen LogP contribution in [0.3, 0.4) is 0 Å². The number of hydrogen-bond acceptors (Lipinski definition) is 2. The van der Waals surface area contributed by atoms with E-state index >= 15 is 0 Å². The minimum atomic E-state index is 0.199. The van der Waals surface area contributed by atoms with Crippen molar-refractivity contribution >= 4 is 0 Å². The highest BCUT2D eigenvalue weighted by molar-refractivity contribution is 5.28. The van der Waals surface area contributed by atoms with Gasteiger partial charge in [0.25, 0.3) is 0 Å². The molecule has 1 fully saturated rings. The van der Waals surface area contributed by atoms with E-state index in [0.29, 0.717) is 6.04 Å². The molecule has 0 aliphatic carbocycles. The molecule has 100 valence electrons. The molecule has 0 amide bonds. The highest BCUT2D eigenvalue weighted by Crippen LogP contribution is 2.23. The molecule has 2 nitrogen and oxygen atoms in total. The van der Waals surface area contributed by atoms with E-state index in [1.54, 1.807) is 0 Å². The molecule has 0 aromatic heterocycles. The second-order valence-corrected chi connectivity index (χ2v) is 6.18. The van der Waals surface area contributed by atoms with Crippen LogP contribution >= 0.6 is 0 Å². The molecule has 0 saturated carbocycles. The Bertz CT molecular complexity index is 378. The Balaban J connectivity index is 1.86. The molecule has 1 aromatic rings. The highest BCUT2D eigenvalue weighted by Gasteiger charge is 2.21. The lowest BCUT2D eigenvalue weighted by Crippen LogP contribution is -2.40. The lowest BCUT2D eigenvalue weighted by atomic mass is 9.84. The molecule has 1 aromatic carbocycles. The van der Waals surface area contributed by atoms with Gasteiger partial charge in [-0.1, -0.05) is 43.7 Å². The summed E-state index contributed by atoms with van der Waals surface area (Å²) in [6.45, 7) is 10.1. The van der Waals surface area contributed by atoms with Gasteiger partial charge in [0.2, 0.25) is 0 Å². The molecular weight excluding hydrogens is 220 g/mol. The average molecular weight is 246 g/mol. The minimum Gasteiger partial charge on any atom is -0.314 e. The van der Waals surface area contributed by atoms with Gasteiger partial charge in [-0.2, -0.15) is 0 Å². The van der Waals surface area contributed by atoms with E-state index < -0.39 is 0 Å². The molecule has 1 atom stereocenters. The van der Waals surface area contributed by atoms with Gasteiger partial charge in [-0.15, -0.1) is 0 Å². The summed E-state index contributed by atoms with van der Waals surface area (Å²) in [5.41, 5.74) is 2.97. The monoisotopic (exact) mass is 246 g/mol. The molecule has 2 N–H and O–H groups in total. The van der Waals surface area contributed by atoms with Crippen molar-refractivity contribution < 1.29 is 0 Å². The predicted octanol–water partition coefficient (Wildman–Crippen LogP) is 2.61. The van der Waals surface area contributed by atoms with Crippen LogP contribution in [0.25, 0.3) is 0 Å². The van der Waals surface area contributed by atoms with Gasteiger partial charge >= 0.3 is 0 Å². The first-order valence-electron chi connectivity index (χ1n) is 7.09. The minimum absolute atomic E-state index is 0.199. The summed E-state index contributed by atoms with van der Waals surface area (Å²) in [7, 11) is 0. The summed E-state index contributed by atoms with van der Waals surface area (Å²) < 4.78 is 0. The molecule has 2 rings (SSSR count). The van der Waals surface area contributed by atoms with Gasteiger partial charge in [0, 0.05) is 24.5 Å². The fourth-order valence-corrected chi connectivity index (χ4v) is 2.66. The lowest BCUT2D eigenvalue weighted by molar-refractivity contribution is 0.442. The van der Waals surface area contributed by atoms with Gasteiger partial charge in [0.15, 0.2) is 0 Å². The third-order valence-corrected chi connectivity index (χ3v) is 3.92. The topological polar surface area (TPSA) is 24.1 Å². The third-order valence-electron chi connectivity index (χ3n) is 3.92. The Hall–Kier alpha value is -0.860. The van der Waals surface area contributed by atoms with Crippen molar-refractivity contribution in [3.63, 3.8) is 0 Å². The van der Waals surface area contributed by atoms with Gasteiger partial charge in [-0.3, -0.25) is 0 Å². The van der Waals surface area contributed by atoms with Crippen molar-refractivity contribution in [3.8, 4) is 0 Å². The number of benzene rings is 1. The number of aryl methyl sites for hydroxylation is 1. The van der Waals surface area contributed by atoms with Crippen LogP contribution < -0.4 is 10.6 Å². The van der Waals surface area contributed by atoms with Crippen LogP contribution in [0, 0.1) is 6.92 Å². The smallest absolute Gasteiger partial charge is 0.0192 e. The predicted molar refractivity (Wildman–Crippen MR) is 78.1 cm³/mol. The van der Waals surface area contributed by atoms with E-state index in [2.05, 4.69) is 55.7 Å². The molecule has 1 aliphatic heterocycles. The van der Waals surface area contributed by atoms with Crippen LogP contribution in [0.4, 0.5) is 0 Å². The van der Waals surface area contributed by atoms with Crippen molar-refractivity contribution in [3.05, 3.63) is 35.4 Å². The standard InChI is InChI=1S/C16H26N2/c1-13-6-4-7-14(10-13)16(2,3)12-17-11-15-8-5-9-18-15/h4,6-7,10,15,17-18H,5,8-9,11-12H2,1-3H3. The molecule has 1 saturated heterocycles. The van der Waals surface area contributed by atoms with Gasteiger partial charge < -0.3 is 10.6 Å². The molecule has 18 heavy (non-hydrogen) atoms. The summed E-state index contributed by atoms with van der Waals surface area (Å²) in [5.74, 6) is 0. The number of rotatable bonds is 5. The van der Waals surface area contributed by atoms with Crippen molar-refractivity contribution in [2.45, 2.75) is 45.1 Å². The molecule has 1 unspecified atom stereocenters. The third kappa shape index (κ3) is 3.56. The molecule has 0 spiro atoms. The van der Waals surface area contributed by atoms with Crippen LogP contribution in [0.15, 0.2) is 24.3 Å². The van der Waals surface area contributed by atoms with Gasteiger partial charge in [0.05, 0.1) is 0 Å². The largest absolute Gasteiger partial charge is 0.314 e. The molecular formula is C16H26N2. The second-order valence-electron chi connectivity index (χ2n) is 6.18. The Morgan fingerprint density at radius 1 is 1.39 bits per heavy atom. The maximum absolute atomic E-state index is 3.62. The molecule has 0 radical (unpaired) electrons. The summed E-state index contributed by atoms with van der Waals surface area (Å²) in [4.78, 5) is 0. The number of nitrogens with one attached hydrogen (secondary N) is 2. The van der Waals surface area contributed by atoms with Crippen LogP contribution in [-0.4, -0.2) is 25.7 Å². The van der Waals surface area contributed by atoms with E-state index in [-0.39, 0.29) is 5.41 Å². The number of hydrogen-bond donors (Lipinski definition) is 2. The SMILES string of the molecule is Cc1cccc(C(C)(C)CNCC2CCCN2)c1. The van der Waals surface area contributed by atoms with E-state index in [9.17, 15) is 0 Å². The van der Waals surface area contributed by atoms with E-state index in [0.717, 1.165) is 13.1 Å². The Kier molecular flexibility index (Phi) is 4.41. The lowest BCUT2D eigenvalue weighted by Gasteiger charge is -2.27. The normalized spacial score (nSPS) is 20.3. The molecule has 2 heteroatoms. The highest BCUT2D eigenvalue weighted by atomic mass is 15.0. The molecule has 1 heterocycles. The first-order chi connectivity index (χ1) is 8.58. The maximum Gasteiger partial charge on any atom is 0.0192 e. The summed E-state index contributed by atoms with van der Waals surface area (Å²) in [6, 6.07) is 9.54. The van der Waals surface area contributed by atoms with Gasteiger partial charge in [0.1, 0.15) is 0 Å². The quantitative estimate of drug-likeness (QED) is 0.834. The maximum atomic E-state index is 3.62. The molecule has 0 bridgehead atoms. The van der Waals surface area contributed by atoms with Crippen LogP contribution in [0.1, 0.15) is 37.8 Å². The fourth-order valence-electron chi connectivity index (χ4n) is 2.66. The van der Waals surface area contributed by atoms with Crippen molar-refractivity contribution in [2.75, 3.05) is 19.6 Å². The zero-order valence-corrected chi connectivity index (χ0v) is 11.9. The van der Waals surface area contributed by atoms with Crippen LogP contribution in [0.5, 0.6) is 0 Å². The van der Waals surface area contributed by atoms with Crippen LogP contribution in [0.2, 0.25) is 0 Å². The zero-order chi connectivity index (χ0) is 13.0. The second kappa shape index (κ2) is 5.85. The van der Waals surface area contributed by atoms with Gasteiger partial charge in [-0.05, 0) is 31.9 Å². The Morgan fingerprint density at radius 2 is 2.22 bits per heavy atom. The van der Waals surface area contributed by atoms with Crippen molar-refractivity contribution in [2.24, 2.45) is 0 Å². The van der Waals surface area contributed by atoms with Gasteiger partial charge in [-0.25, -0.2) is 0 Å². The van der Waals surface area contributed by atoms with E-state index in [4.69, 9.17) is 0 Å². The first-order valence-corrected chi connectivity index (χ1v) is 7.09. The Labute approximate surface area is 111 Å². The summed E-state index contributed by atoms with van der Waals surface area (Å²) in [5, 5.41) is 7.15.